The van der Waals surface area contributed by atoms with Gasteiger partial charge in [0.25, 0.3) is 5.91 Å². The van der Waals surface area contributed by atoms with Crippen molar-refractivity contribution in [1.29, 1.82) is 0 Å². The van der Waals surface area contributed by atoms with Crippen molar-refractivity contribution in [3.63, 3.8) is 0 Å². The summed E-state index contributed by atoms with van der Waals surface area (Å²) in [5.74, 6) is 2.83. The highest BCUT2D eigenvalue weighted by Crippen LogP contribution is 2.30. The zero-order chi connectivity index (χ0) is 41.5. The lowest BCUT2D eigenvalue weighted by molar-refractivity contribution is -0.888. The molecule has 0 saturated carbocycles. The molecule has 0 radical (unpaired) electrons. The molecule has 6 rings (SSSR count). The number of quaternary nitrogens is 1. The molecule has 0 heterocycles. The van der Waals surface area contributed by atoms with Crippen LogP contribution in [-0.2, 0) is 19.3 Å². The molecule has 0 atom stereocenters. The first-order valence-electron chi connectivity index (χ1n) is 21.3. The summed E-state index contributed by atoms with van der Waals surface area (Å²) >= 11 is 0. The third kappa shape index (κ3) is 15.2. The molecule has 6 aromatic rings. The number of rotatable bonds is 21. The minimum absolute atomic E-state index is 0. The molecule has 0 aromatic heterocycles. The molecule has 8 heteroatoms. The maximum absolute atomic E-state index is 12.9. The number of carbonyl (C=O) groups excluding carboxylic acids is 2. The van der Waals surface area contributed by atoms with E-state index in [9.17, 15) is 9.59 Å². The molecular formula is C53H59Cl2N2O4-. The Hall–Kier alpha value is -5.40. The number of hydrogen-bond acceptors (Lipinski definition) is 4. The lowest BCUT2D eigenvalue weighted by Gasteiger charge is -2.28. The third-order valence-corrected chi connectivity index (χ3v) is 11.1. The zero-order valence-electron chi connectivity index (χ0n) is 36.0. The van der Waals surface area contributed by atoms with Gasteiger partial charge >= 0.3 is 0 Å². The first-order valence-corrected chi connectivity index (χ1v) is 21.3. The SMILES string of the molecule is CCc1ccc(C(=O)Cc2ccc(Oc3ccc(-c4ccc(Oc5ccc(NC(=O)c6ccc(CCCCCCCC[N+](C)(C)CC)cc6)cc5)cc4)cc3)cc2)cc1.[Cl-].[Cl-]. The minimum Gasteiger partial charge on any atom is -1.00 e. The fourth-order valence-electron chi connectivity index (χ4n) is 6.96. The van der Waals surface area contributed by atoms with Gasteiger partial charge in [0, 0.05) is 23.2 Å². The zero-order valence-corrected chi connectivity index (χ0v) is 37.5. The van der Waals surface area contributed by atoms with Crippen LogP contribution in [0.2, 0.25) is 0 Å². The van der Waals surface area contributed by atoms with Gasteiger partial charge in [-0.1, -0.05) is 99.0 Å². The minimum atomic E-state index is -0.127. The number of nitrogens with one attached hydrogen (secondary N) is 1. The maximum atomic E-state index is 12.9. The van der Waals surface area contributed by atoms with Crippen molar-refractivity contribution < 1.29 is 48.4 Å². The standard InChI is InChI=1S/C53H58N2O4.2ClH/c1-5-40-14-20-45(21-15-40)52(56)39-42-18-30-48(31-19-42)58-49-32-24-43(25-33-49)44-26-34-50(35-27-44)59-51-36-28-47(29-37-51)54-53(57)46-22-16-41(17-23-46)13-11-9-7-8-10-12-38-55(3,4)6-2;;/h14-37H,5-13,38-39H2,1-4H3;2*1H/p-1. The van der Waals surface area contributed by atoms with Crippen LogP contribution in [0.25, 0.3) is 11.1 Å². The topological polar surface area (TPSA) is 64.6 Å². The van der Waals surface area contributed by atoms with E-state index in [1.807, 2.05) is 133 Å². The molecular weight excluding hydrogens is 799 g/mol. The summed E-state index contributed by atoms with van der Waals surface area (Å²) in [6.45, 7) is 6.83. The van der Waals surface area contributed by atoms with Crippen molar-refractivity contribution in [2.24, 2.45) is 0 Å². The Labute approximate surface area is 375 Å². The van der Waals surface area contributed by atoms with Crippen molar-refractivity contribution in [2.75, 3.05) is 32.5 Å². The number of Topliss-reactive ketones (excluding diaryl/α,β-unsaturated/α-hetero) is 1. The number of benzene rings is 6. The normalized spacial score (nSPS) is 10.9. The Morgan fingerprint density at radius 2 is 0.918 bits per heavy atom. The molecule has 6 aromatic carbocycles. The molecule has 320 valence electrons. The number of ether oxygens (including phenoxy) is 2. The number of ketones is 1. The summed E-state index contributed by atoms with van der Waals surface area (Å²) in [5.41, 5.74) is 7.66. The summed E-state index contributed by atoms with van der Waals surface area (Å²) < 4.78 is 13.3. The monoisotopic (exact) mass is 857 g/mol. The van der Waals surface area contributed by atoms with E-state index in [-0.39, 0.29) is 36.5 Å². The van der Waals surface area contributed by atoms with Crippen LogP contribution in [0, 0.1) is 0 Å². The van der Waals surface area contributed by atoms with E-state index in [1.165, 1.54) is 62.7 Å². The predicted molar refractivity (Wildman–Crippen MR) is 242 cm³/mol. The van der Waals surface area contributed by atoms with Crippen molar-refractivity contribution in [1.82, 2.24) is 0 Å². The van der Waals surface area contributed by atoms with Gasteiger partial charge in [-0.15, -0.1) is 0 Å². The highest BCUT2D eigenvalue weighted by Gasteiger charge is 2.11. The van der Waals surface area contributed by atoms with Crippen molar-refractivity contribution >= 4 is 17.4 Å². The highest BCUT2D eigenvalue weighted by molar-refractivity contribution is 6.04. The Morgan fingerprint density at radius 3 is 1.43 bits per heavy atom. The number of hydrogen-bond donors (Lipinski definition) is 1. The van der Waals surface area contributed by atoms with E-state index in [0.29, 0.717) is 29.2 Å². The summed E-state index contributed by atoms with van der Waals surface area (Å²) in [5, 5.41) is 3.00. The van der Waals surface area contributed by atoms with E-state index in [0.717, 1.165) is 51.1 Å². The van der Waals surface area contributed by atoms with Gasteiger partial charge in [0.2, 0.25) is 0 Å². The quantitative estimate of drug-likeness (QED) is 0.0475. The van der Waals surface area contributed by atoms with Gasteiger partial charge < -0.3 is 44.1 Å². The summed E-state index contributed by atoms with van der Waals surface area (Å²) in [6, 6.07) is 46.9. The van der Waals surface area contributed by atoms with Gasteiger partial charge in [0.05, 0.1) is 27.2 Å². The second-order valence-corrected chi connectivity index (χ2v) is 16.1. The molecule has 1 N–H and O–H groups in total. The average Bonchev–Trinajstić information content (AvgIpc) is 3.26. The molecule has 0 bridgehead atoms. The first kappa shape index (κ1) is 48.3. The van der Waals surface area contributed by atoms with Gasteiger partial charge in [-0.05, 0) is 140 Å². The molecule has 0 aliphatic rings. The van der Waals surface area contributed by atoms with E-state index in [2.05, 4.69) is 45.4 Å². The smallest absolute Gasteiger partial charge is 0.255 e. The molecule has 0 unspecified atom stereocenters. The number of aryl methyl sites for hydroxylation is 2. The molecule has 6 nitrogen and oxygen atoms in total. The van der Waals surface area contributed by atoms with Gasteiger partial charge in [0.15, 0.2) is 5.78 Å². The molecule has 0 aliphatic heterocycles. The van der Waals surface area contributed by atoms with Gasteiger partial charge in [-0.3, -0.25) is 9.59 Å². The number of amides is 1. The first-order chi connectivity index (χ1) is 28.7. The van der Waals surface area contributed by atoms with Crippen LogP contribution in [-0.4, -0.2) is 43.4 Å². The second kappa shape index (κ2) is 24.1. The molecule has 0 spiro atoms. The van der Waals surface area contributed by atoms with E-state index in [4.69, 9.17) is 9.47 Å². The van der Waals surface area contributed by atoms with Gasteiger partial charge in [-0.25, -0.2) is 0 Å². The molecule has 0 aliphatic carbocycles. The fourth-order valence-corrected chi connectivity index (χ4v) is 6.96. The summed E-state index contributed by atoms with van der Waals surface area (Å²) in [6.07, 6.45) is 10.0. The number of nitrogens with zero attached hydrogens (tertiary/aromatic N) is 1. The molecule has 0 saturated heterocycles. The Bertz CT molecular complexity index is 2220. The maximum Gasteiger partial charge on any atom is 0.255 e. The molecule has 61 heavy (non-hydrogen) atoms. The van der Waals surface area contributed by atoms with Gasteiger partial charge in [-0.2, -0.15) is 0 Å². The average molecular weight is 859 g/mol. The largest absolute Gasteiger partial charge is 1.00 e. The second-order valence-electron chi connectivity index (χ2n) is 16.1. The number of anilines is 1. The van der Waals surface area contributed by atoms with Crippen molar-refractivity contribution in [3.8, 4) is 34.1 Å². The third-order valence-electron chi connectivity index (χ3n) is 11.1. The number of halogens is 2. The molecule has 1 amide bonds. The van der Waals surface area contributed by atoms with E-state index in [1.54, 1.807) is 0 Å². The lowest BCUT2D eigenvalue weighted by Crippen LogP contribution is -3.00. The van der Waals surface area contributed by atoms with Crippen LogP contribution in [0.1, 0.15) is 89.8 Å². The highest BCUT2D eigenvalue weighted by atomic mass is 35.5. The van der Waals surface area contributed by atoms with E-state index >= 15 is 0 Å². The van der Waals surface area contributed by atoms with Crippen LogP contribution in [0.4, 0.5) is 5.69 Å². The predicted octanol–water partition coefficient (Wildman–Crippen LogP) is 7.17. The number of carbonyl (C=O) groups is 2. The van der Waals surface area contributed by atoms with Crippen LogP contribution in [0.3, 0.4) is 0 Å². The van der Waals surface area contributed by atoms with Crippen LogP contribution in [0.15, 0.2) is 146 Å². The number of unbranched alkanes of at least 4 members (excludes halogenated alkanes) is 5. The van der Waals surface area contributed by atoms with Crippen molar-refractivity contribution in [3.05, 3.63) is 173 Å². The summed E-state index contributed by atoms with van der Waals surface area (Å²) in [4.78, 5) is 25.7. The van der Waals surface area contributed by atoms with Crippen LogP contribution in [0.5, 0.6) is 23.0 Å². The fraction of sp³-hybridized carbons (Fsp3) is 0.283. The lowest BCUT2D eigenvalue weighted by atomic mass is 10.0. The van der Waals surface area contributed by atoms with Crippen LogP contribution < -0.4 is 39.6 Å². The Kier molecular flexibility index (Phi) is 19.1. The van der Waals surface area contributed by atoms with Gasteiger partial charge in [0.1, 0.15) is 23.0 Å². The Morgan fingerprint density at radius 1 is 0.492 bits per heavy atom. The molecule has 0 fully saturated rings. The Balaban J connectivity index is 0.00000410. The van der Waals surface area contributed by atoms with Crippen molar-refractivity contribution in [2.45, 2.75) is 71.6 Å². The van der Waals surface area contributed by atoms with Crippen LogP contribution >= 0.6 is 0 Å². The summed E-state index contributed by atoms with van der Waals surface area (Å²) in [7, 11) is 4.62. The van der Waals surface area contributed by atoms with E-state index < -0.39 is 0 Å².